The van der Waals surface area contributed by atoms with Gasteiger partial charge in [-0.25, -0.2) is 14.6 Å². The summed E-state index contributed by atoms with van der Waals surface area (Å²) in [6.07, 6.45) is 0.694. The highest BCUT2D eigenvalue weighted by Gasteiger charge is 2.23. The Bertz CT molecular complexity index is 870. The average molecular weight is 425 g/mol. The third kappa shape index (κ3) is 5.62. The predicted molar refractivity (Wildman–Crippen MR) is 109 cm³/mol. The van der Waals surface area contributed by atoms with Gasteiger partial charge in [0.25, 0.3) is 5.91 Å². The molecule has 2 rings (SSSR count). The van der Waals surface area contributed by atoms with Crippen molar-refractivity contribution in [1.29, 1.82) is 0 Å². The van der Waals surface area contributed by atoms with Gasteiger partial charge in [-0.15, -0.1) is 22.7 Å². The maximum absolute atomic E-state index is 12.3. The summed E-state index contributed by atoms with van der Waals surface area (Å²) in [5, 5.41) is 5.66. The van der Waals surface area contributed by atoms with Crippen molar-refractivity contribution in [3.63, 3.8) is 0 Å². The maximum Gasteiger partial charge on any atom is 0.350 e. The summed E-state index contributed by atoms with van der Waals surface area (Å²) in [5.41, 5.74) is 1.78. The van der Waals surface area contributed by atoms with Crippen LogP contribution in [0.3, 0.4) is 0 Å². The Morgan fingerprint density at radius 2 is 1.89 bits per heavy atom. The monoisotopic (exact) mass is 424 g/mol. The highest BCUT2D eigenvalue weighted by Crippen LogP contribution is 2.31. The van der Waals surface area contributed by atoms with Gasteiger partial charge in [-0.2, -0.15) is 0 Å². The number of aromatic nitrogens is 1. The molecule has 9 heteroatoms. The van der Waals surface area contributed by atoms with Crippen molar-refractivity contribution in [3.8, 4) is 0 Å². The number of nitrogens with one attached hydrogen (secondary N) is 1. The van der Waals surface area contributed by atoms with E-state index in [1.807, 2.05) is 19.2 Å². The second-order valence-corrected chi connectivity index (χ2v) is 8.64. The van der Waals surface area contributed by atoms with E-state index >= 15 is 0 Å². The largest absolute Gasteiger partial charge is 0.462 e. The van der Waals surface area contributed by atoms with E-state index < -0.39 is 24.5 Å². The number of ether oxygens (including phenoxy) is 2. The van der Waals surface area contributed by atoms with Crippen LogP contribution in [0.5, 0.6) is 0 Å². The molecule has 0 aliphatic rings. The molecule has 0 saturated heterocycles. The van der Waals surface area contributed by atoms with Crippen LogP contribution in [0.4, 0.5) is 5.00 Å². The lowest BCUT2D eigenvalue weighted by Crippen LogP contribution is -2.22. The number of hydrogen-bond acceptors (Lipinski definition) is 8. The average Bonchev–Trinajstić information content (AvgIpc) is 3.14. The van der Waals surface area contributed by atoms with Gasteiger partial charge in [0.05, 0.1) is 22.9 Å². The highest BCUT2D eigenvalue weighted by molar-refractivity contribution is 7.15. The van der Waals surface area contributed by atoms with Crippen molar-refractivity contribution in [2.24, 2.45) is 5.92 Å². The zero-order chi connectivity index (χ0) is 20.8. The molecule has 0 unspecified atom stereocenters. The van der Waals surface area contributed by atoms with Crippen LogP contribution in [0.15, 0.2) is 5.38 Å². The maximum atomic E-state index is 12.3. The third-order valence-corrected chi connectivity index (χ3v) is 5.65. The minimum absolute atomic E-state index is 0.244. The smallest absolute Gasteiger partial charge is 0.350 e. The van der Waals surface area contributed by atoms with E-state index in [-0.39, 0.29) is 6.61 Å². The third-order valence-electron chi connectivity index (χ3n) is 3.65. The Labute approximate surface area is 172 Å². The summed E-state index contributed by atoms with van der Waals surface area (Å²) in [5.74, 6) is -1.23. The van der Waals surface area contributed by atoms with Crippen LogP contribution in [-0.2, 0) is 20.7 Å². The van der Waals surface area contributed by atoms with Crippen molar-refractivity contribution >= 4 is 45.5 Å². The van der Waals surface area contributed by atoms with E-state index in [1.54, 1.807) is 20.8 Å². The predicted octanol–water partition coefficient (Wildman–Crippen LogP) is 3.99. The van der Waals surface area contributed by atoms with Crippen molar-refractivity contribution in [2.45, 2.75) is 41.0 Å². The summed E-state index contributed by atoms with van der Waals surface area (Å²) in [6.45, 7) is 9.13. The molecule has 2 heterocycles. The second-order valence-electron chi connectivity index (χ2n) is 6.56. The first kappa shape index (κ1) is 22.0. The fourth-order valence-corrected chi connectivity index (χ4v) is 4.38. The topological polar surface area (TPSA) is 94.6 Å². The van der Waals surface area contributed by atoms with Crippen LogP contribution in [-0.4, -0.2) is 36.0 Å². The minimum atomic E-state index is -0.587. The summed E-state index contributed by atoms with van der Waals surface area (Å²) < 4.78 is 10.2. The molecule has 1 N–H and O–H groups in total. The number of hydrogen-bond donors (Lipinski definition) is 1. The number of anilines is 1. The van der Waals surface area contributed by atoms with E-state index in [9.17, 15) is 14.4 Å². The van der Waals surface area contributed by atoms with Crippen LogP contribution in [0.25, 0.3) is 0 Å². The number of carbonyl (C=O) groups is 3. The molecule has 2 aromatic heterocycles. The summed E-state index contributed by atoms with van der Waals surface area (Å²) in [4.78, 5) is 41.3. The molecule has 0 aliphatic heterocycles. The van der Waals surface area contributed by atoms with Crippen molar-refractivity contribution in [1.82, 2.24) is 4.98 Å². The molecule has 152 valence electrons. The molecular weight excluding hydrogens is 400 g/mol. The normalized spacial score (nSPS) is 10.8. The van der Waals surface area contributed by atoms with E-state index in [0.717, 1.165) is 10.6 Å². The molecular formula is C19H24N2O5S2. The van der Waals surface area contributed by atoms with Crippen LogP contribution in [0.1, 0.15) is 57.1 Å². The molecule has 7 nitrogen and oxygen atoms in total. The van der Waals surface area contributed by atoms with Gasteiger partial charge < -0.3 is 14.8 Å². The lowest BCUT2D eigenvalue weighted by molar-refractivity contribution is -0.119. The van der Waals surface area contributed by atoms with Crippen molar-refractivity contribution in [3.05, 3.63) is 32.1 Å². The molecule has 0 fully saturated rings. The highest BCUT2D eigenvalue weighted by atomic mass is 32.1. The number of amides is 1. The van der Waals surface area contributed by atoms with Gasteiger partial charge in [0, 0.05) is 0 Å². The summed E-state index contributed by atoms with van der Waals surface area (Å²) in [7, 11) is 0. The lowest BCUT2D eigenvalue weighted by atomic mass is 10.0. The van der Waals surface area contributed by atoms with E-state index in [2.05, 4.69) is 10.3 Å². The van der Waals surface area contributed by atoms with Gasteiger partial charge in [0.1, 0.15) is 9.88 Å². The Hall–Kier alpha value is -2.26. The Morgan fingerprint density at radius 1 is 1.18 bits per heavy atom. The molecule has 0 spiro atoms. The summed E-state index contributed by atoms with van der Waals surface area (Å²) >= 11 is 2.48. The second kappa shape index (κ2) is 9.79. The first-order chi connectivity index (χ1) is 13.2. The molecule has 1 amide bonds. The number of carbonyl (C=O) groups excluding carboxylic acids is 3. The number of thiophene rings is 1. The van der Waals surface area contributed by atoms with Crippen LogP contribution >= 0.6 is 22.7 Å². The van der Waals surface area contributed by atoms with Gasteiger partial charge in [-0.1, -0.05) is 13.8 Å². The van der Waals surface area contributed by atoms with Crippen LogP contribution in [0, 0.1) is 19.8 Å². The number of esters is 2. The standard InChI is InChI=1S/C19H24N2O5S2/c1-6-25-18(23)15-13(7-10(2)3)9-27-17(15)21-14(22)8-26-19(24)16-11(4)20-12(5)28-16/h9-10H,6-8H2,1-5H3,(H,21,22). The molecule has 2 aromatic rings. The number of aryl methyl sites for hydroxylation is 2. The van der Waals surface area contributed by atoms with E-state index in [4.69, 9.17) is 9.47 Å². The molecule has 0 atom stereocenters. The quantitative estimate of drug-likeness (QED) is 0.644. The first-order valence-corrected chi connectivity index (χ1v) is 10.6. The number of rotatable bonds is 8. The molecule has 0 bridgehead atoms. The van der Waals surface area contributed by atoms with Gasteiger partial charge in [0.15, 0.2) is 6.61 Å². The van der Waals surface area contributed by atoms with Gasteiger partial charge in [0.2, 0.25) is 0 Å². The molecule has 0 saturated carbocycles. The molecule has 0 radical (unpaired) electrons. The van der Waals surface area contributed by atoms with E-state index in [1.165, 1.54) is 22.7 Å². The Morgan fingerprint density at radius 3 is 2.46 bits per heavy atom. The first-order valence-electron chi connectivity index (χ1n) is 8.91. The minimum Gasteiger partial charge on any atom is -0.462 e. The summed E-state index contributed by atoms with van der Waals surface area (Å²) in [6, 6.07) is 0. The van der Waals surface area contributed by atoms with E-state index in [0.29, 0.717) is 33.5 Å². The fraction of sp³-hybridized carbons (Fsp3) is 0.474. The van der Waals surface area contributed by atoms with Gasteiger partial charge in [-0.3, -0.25) is 4.79 Å². The Kier molecular flexibility index (Phi) is 7.70. The molecule has 0 aliphatic carbocycles. The zero-order valence-corrected chi connectivity index (χ0v) is 18.2. The lowest BCUT2D eigenvalue weighted by Gasteiger charge is -2.10. The van der Waals surface area contributed by atoms with Gasteiger partial charge in [-0.05, 0) is 44.1 Å². The SMILES string of the molecule is CCOC(=O)c1c(CC(C)C)csc1NC(=O)COC(=O)c1sc(C)nc1C. The molecule has 28 heavy (non-hydrogen) atoms. The fourth-order valence-electron chi connectivity index (χ4n) is 2.58. The Balaban J connectivity index is 2.06. The van der Waals surface area contributed by atoms with Gasteiger partial charge >= 0.3 is 11.9 Å². The molecule has 0 aromatic carbocycles. The number of nitrogens with zero attached hydrogens (tertiary/aromatic N) is 1. The zero-order valence-electron chi connectivity index (χ0n) is 16.6. The van der Waals surface area contributed by atoms with Crippen molar-refractivity contribution < 1.29 is 23.9 Å². The van der Waals surface area contributed by atoms with Crippen LogP contribution in [0.2, 0.25) is 0 Å². The van der Waals surface area contributed by atoms with Crippen molar-refractivity contribution in [2.75, 3.05) is 18.5 Å². The number of thiazole rings is 1. The van der Waals surface area contributed by atoms with Crippen LogP contribution < -0.4 is 5.32 Å².